The molecule has 1 aliphatic heterocycles. The summed E-state index contributed by atoms with van der Waals surface area (Å²) in [6, 6.07) is 0. The SMILES string of the molecule is CC(C)CN1CCO[C@H](CCCO)C1. The van der Waals surface area contributed by atoms with Gasteiger partial charge in [0.1, 0.15) is 0 Å². The Morgan fingerprint density at radius 3 is 2.93 bits per heavy atom. The van der Waals surface area contributed by atoms with Crippen LogP contribution in [0.3, 0.4) is 0 Å². The van der Waals surface area contributed by atoms with Crippen molar-refractivity contribution in [3.05, 3.63) is 0 Å². The maximum absolute atomic E-state index is 8.74. The molecule has 1 heterocycles. The van der Waals surface area contributed by atoms with Crippen LogP contribution in [0, 0.1) is 5.92 Å². The van der Waals surface area contributed by atoms with Gasteiger partial charge in [-0.1, -0.05) is 13.8 Å². The van der Waals surface area contributed by atoms with Gasteiger partial charge in [-0.15, -0.1) is 0 Å². The van der Waals surface area contributed by atoms with E-state index < -0.39 is 0 Å². The van der Waals surface area contributed by atoms with Gasteiger partial charge in [0, 0.05) is 26.2 Å². The van der Waals surface area contributed by atoms with Crippen LogP contribution in [0.4, 0.5) is 0 Å². The number of aliphatic hydroxyl groups excluding tert-OH is 1. The van der Waals surface area contributed by atoms with Gasteiger partial charge in [-0.3, -0.25) is 4.90 Å². The fourth-order valence-corrected chi connectivity index (χ4v) is 1.96. The van der Waals surface area contributed by atoms with Gasteiger partial charge in [0.05, 0.1) is 12.7 Å². The highest BCUT2D eigenvalue weighted by Gasteiger charge is 2.20. The van der Waals surface area contributed by atoms with E-state index in [0.29, 0.717) is 6.10 Å². The van der Waals surface area contributed by atoms with Crippen LogP contribution in [0.1, 0.15) is 26.7 Å². The highest BCUT2D eigenvalue weighted by atomic mass is 16.5. The highest BCUT2D eigenvalue weighted by molar-refractivity contribution is 4.72. The Labute approximate surface area is 87.1 Å². The molecule has 84 valence electrons. The number of morpholine rings is 1. The Balaban J connectivity index is 2.21. The van der Waals surface area contributed by atoms with Crippen molar-refractivity contribution >= 4 is 0 Å². The lowest BCUT2D eigenvalue weighted by Gasteiger charge is -2.33. The molecule has 0 aromatic heterocycles. The molecule has 0 spiro atoms. The van der Waals surface area contributed by atoms with Gasteiger partial charge >= 0.3 is 0 Å². The van der Waals surface area contributed by atoms with E-state index in [0.717, 1.165) is 38.5 Å². The van der Waals surface area contributed by atoms with Crippen molar-refractivity contribution < 1.29 is 9.84 Å². The normalized spacial score (nSPS) is 24.4. The van der Waals surface area contributed by atoms with Gasteiger partial charge in [-0.25, -0.2) is 0 Å². The second-order valence-electron chi connectivity index (χ2n) is 4.51. The van der Waals surface area contributed by atoms with Gasteiger partial charge in [-0.05, 0) is 18.8 Å². The third-order valence-corrected chi connectivity index (χ3v) is 2.53. The van der Waals surface area contributed by atoms with Crippen LogP contribution in [0.25, 0.3) is 0 Å². The Kier molecular flexibility index (Phi) is 5.45. The first-order chi connectivity index (χ1) is 6.72. The number of ether oxygens (including phenoxy) is 1. The molecule has 1 rings (SSSR count). The summed E-state index contributed by atoms with van der Waals surface area (Å²) < 4.78 is 5.64. The minimum absolute atomic E-state index is 0.282. The first kappa shape index (κ1) is 12.0. The average Bonchev–Trinajstić information content (AvgIpc) is 2.14. The lowest BCUT2D eigenvalue weighted by molar-refractivity contribution is -0.0372. The van der Waals surface area contributed by atoms with Crippen LogP contribution < -0.4 is 0 Å². The second-order valence-corrected chi connectivity index (χ2v) is 4.51. The summed E-state index contributed by atoms with van der Waals surface area (Å²) in [5, 5.41) is 8.74. The summed E-state index contributed by atoms with van der Waals surface area (Å²) >= 11 is 0. The largest absolute Gasteiger partial charge is 0.396 e. The Morgan fingerprint density at radius 1 is 1.50 bits per heavy atom. The van der Waals surface area contributed by atoms with Crippen molar-refractivity contribution in [2.24, 2.45) is 5.92 Å². The number of aliphatic hydroxyl groups is 1. The van der Waals surface area contributed by atoms with Gasteiger partial charge < -0.3 is 9.84 Å². The molecule has 3 nitrogen and oxygen atoms in total. The van der Waals surface area contributed by atoms with E-state index in [9.17, 15) is 0 Å². The zero-order valence-corrected chi connectivity index (χ0v) is 9.41. The fourth-order valence-electron chi connectivity index (χ4n) is 1.96. The van der Waals surface area contributed by atoms with E-state index in [1.165, 1.54) is 6.54 Å². The molecule has 0 aliphatic carbocycles. The molecule has 1 atom stereocenters. The molecular weight excluding hydrogens is 178 g/mol. The lowest BCUT2D eigenvalue weighted by atomic mass is 10.1. The van der Waals surface area contributed by atoms with E-state index in [4.69, 9.17) is 9.84 Å². The maximum atomic E-state index is 8.74. The molecule has 1 saturated heterocycles. The van der Waals surface area contributed by atoms with Gasteiger partial charge in [0.2, 0.25) is 0 Å². The van der Waals surface area contributed by atoms with Crippen LogP contribution in [-0.2, 0) is 4.74 Å². The summed E-state index contributed by atoms with van der Waals surface area (Å²) in [4.78, 5) is 2.47. The molecule has 0 radical (unpaired) electrons. The Bertz CT molecular complexity index is 150. The van der Waals surface area contributed by atoms with E-state index in [1.54, 1.807) is 0 Å². The molecule has 0 amide bonds. The first-order valence-electron chi connectivity index (χ1n) is 5.67. The standard InChI is InChI=1S/C11H23NO2/c1-10(2)8-12-5-7-14-11(9-12)4-3-6-13/h10-11,13H,3-9H2,1-2H3/t11-/m1/s1. The van der Waals surface area contributed by atoms with Crippen LogP contribution in [-0.4, -0.2) is 49.0 Å². The number of hydrogen-bond donors (Lipinski definition) is 1. The van der Waals surface area contributed by atoms with Crippen molar-refractivity contribution in [3.63, 3.8) is 0 Å². The van der Waals surface area contributed by atoms with Crippen LogP contribution in [0.2, 0.25) is 0 Å². The number of hydrogen-bond acceptors (Lipinski definition) is 3. The minimum Gasteiger partial charge on any atom is -0.396 e. The summed E-state index contributed by atoms with van der Waals surface area (Å²) in [5.41, 5.74) is 0. The Morgan fingerprint density at radius 2 is 2.29 bits per heavy atom. The molecule has 3 heteroatoms. The molecule has 0 unspecified atom stereocenters. The smallest absolute Gasteiger partial charge is 0.0703 e. The average molecular weight is 201 g/mol. The third kappa shape index (κ3) is 4.40. The fraction of sp³-hybridized carbons (Fsp3) is 1.00. The van der Waals surface area contributed by atoms with Crippen molar-refractivity contribution in [2.45, 2.75) is 32.8 Å². The van der Waals surface area contributed by atoms with Crippen LogP contribution >= 0.6 is 0 Å². The van der Waals surface area contributed by atoms with Gasteiger partial charge in [0.15, 0.2) is 0 Å². The van der Waals surface area contributed by atoms with E-state index >= 15 is 0 Å². The quantitative estimate of drug-likeness (QED) is 0.723. The molecular formula is C11H23NO2. The van der Waals surface area contributed by atoms with Gasteiger partial charge in [0.25, 0.3) is 0 Å². The minimum atomic E-state index is 0.282. The maximum Gasteiger partial charge on any atom is 0.0703 e. The molecule has 0 aromatic rings. The molecule has 0 saturated carbocycles. The first-order valence-corrected chi connectivity index (χ1v) is 5.67. The van der Waals surface area contributed by atoms with E-state index in [1.807, 2.05) is 0 Å². The lowest BCUT2D eigenvalue weighted by Crippen LogP contribution is -2.43. The number of rotatable bonds is 5. The molecule has 1 fully saturated rings. The van der Waals surface area contributed by atoms with Gasteiger partial charge in [-0.2, -0.15) is 0 Å². The number of nitrogens with zero attached hydrogens (tertiary/aromatic N) is 1. The monoisotopic (exact) mass is 201 g/mol. The van der Waals surface area contributed by atoms with Crippen LogP contribution in [0.5, 0.6) is 0 Å². The summed E-state index contributed by atoms with van der Waals surface area (Å²) in [6.07, 6.45) is 2.19. The second kappa shape index (κ2) is 6.38. The summed E-state index contributed by atoms with van der Waals surface area (Å²) in [7, 11) is 0. The zero-order valence-electron chi connectivity index (χ0n) is 9.41. The Hall–Kier alpha value is -0.120. The molecule has 1 N–H and O–H groups in total. The van der Waals surface area contributed by atoms with Crippen LogP contribution in [0.15, 0.2) is 0 Å². The van der Waals surface area contributed by atoms with E-state index in [-0.39, 0.29) is 6.61 Å². The molecule has 14 heavy (non-hydrogen) atoms. The predicted molar refractivity (Wildman–Crippen MR) is 57.3 cm³/mol. The summed E-state index contributed by atoms with van der Waals surface area (Å²) in [6.45, 7) is 8.90. The van der Waals surface area contributed by atoms with E-state index in [2.05, 4.69) is 18.7 Å². The molecule has 0 aromatic carbocycles. The third-order valence-electron chi connectivity index (χ3n) is 2.53. The molecule has 0 bridgehead atoms. The predicted octanol–water partition coefficient (Wildman–Crippen LogP) is 1.12. The highest BCUT2D eigenvalue weighted by Crippen LogP contribution is 2.11. The zero-order chi connectivity index (χ0) is 10.4. The summed E-state index contributed by atoms with van der Waals surface area (Å²) in [5.74, 6) is 0.728. The van der Waals surface area contributed by atoms with Crippen molar-refractivity contribution in [1.82, 2.24) is 4.90 Å². The van der Waals surface area contributed by atoms with Crippen molar-refractivity contribution in [2.75, 3.05) is 32.8 Å². The van der Waals surface area contributed by atoms with Crippen molar-refractivity contribution in [3.8, 4) is 0 Å². The molecule has 1 aliphatic rings. The van der Waals surface area contributed by atoms with Crippen molar-refractivity contribution in [1.29, 1.82) is 0 Å². The topological polar surface area (TPSA) is 32.7 Å².